The lowest BCUT2D eigenvalue weighted by atomic mass is 10.1. The fourth-order valence-electron chi connectivity index (χ4n) is 2.81. The second-order valence-electron chi connectivity index (χ2n) is 6.34. The maximum atomic E-state index is 12.4. The molecule has 3 aromatic rings. The highest BCUT2D eigenvalue weighted by molar-refractivity contribution is 5.85. The largest absolute Gasteiger partial charge is 0.497 e. The Morgan fingerprint density at radius 1 is 0.962 bits per heavy atom. The molecule has 4 nitrogen and oxygen atoms in total. The first-order valence-corrected chi connectivity index (χ1v) is 8.56. The van der Waals surface area contributed by atoms with E-state index >= 15 is 0 Å². The van der Waals surface area contributed by atoms with E-state index in [4.69, 9.17) is 9.47 Å². The molecule has 134 valence electrons. The summed E-state index contributed by atoms with van der Waals surface area (Å²) in [7, 11) is 3.44. The summed E-state index contributed by atoms with van der Waals surface area (Å²) in [6.45, 7) is 2.63. The van der Waals surface area contributed by atoms with E-state index in [1.165, 1.54) is 5.56 Å². The SMILES string of the molecule is COc1ccc2ccc(OCC(=O)N(C)Cc3ccccc3C)cc2c1. The van der Waals surface area contributed by atoms with Crippen molar-refractivity contribution in [2.45, 2.75) is 13.5 Å². The summed E-state index contributed by atoms with van der Waals surface area (Å²) < 4.78 is 11.0. The number of likely N-dealkylation sites (N-methyl/N-ethyl adjacent to an activating group) is 1. The first-order valence-electron chi connectivity index (χ1n) is 8.56. The van der Waals surface area contributed by atoms with Crippen molar-refractivity contribution in [2.24, 2.45) is 0 Å². The third kappa shape index (κ3) is 4.14. The Labute approximate surface area is 154 Å². The number of carbonyl (C=O) groups excluding carboxylic acids is 1. The second-order valence-corrected chi connectivity index (χ2v) is 6.34. The van der Waals surface area contributed by atoms with E-state index in [0.717, 1.165) is 22.1 Å². The quantitative estimate of drug-likeness (QED) is 0.670. The summed E-state index contributed by atoms with van der Waals surface area (Å²) >= 11 is 0. The number of benzene rings is 3. The van der Waals surface area contributed by atoms with Gasteiger partial charge in [0.05, 0.1) is 7.11 Å². The molecule has 0 fully saturated rings. The van der Waals surface area contributed by atoms with Gasteiger partial charge in [0.1, 0.15) is 11.5 Å². The van der Waals surface area contributed by atoms with E-state index in [0.29, 0.717) is 12.3 Å². The molecule has 0 bridgehead atoms. The lowest BCUT2D eigenvalue weighted by molar-refractivity contribution is -0.132. The lowest BCUT2D eigenvalue weighted by Gasteiger charge is -2.19. The van der Waals surface area contributed by atoms with Gasteiger partial charge in [0.25, 0.3) is 5.91 Å². The summed E-state index contributed by atoms with van der Waals surface area (Å²) in [5.74, 6) is 1.41. The number of carbonyl (C=O) groups is 1. The number of methoxy groups -OCH3 is 1. The Bertz CT molecular complexity index is 920. The molecule has 0 heterocycles. The monoisotopic (exact) mass is 349 g/mol. The number of hydrogen-bond donors (Lipinski definition) is 0. The van der Waals surface area contributed by atoms with E-state index in [1.54, 1.807) is 19.1 Å². The van der Waals surface area contributed by atoms with Crippen molar-refractivity contribution in [3.05, 3.63) is 71.8 Å². The summed E-state index contributed by atoms with van der Waals surface area (Å²) in [4.78, 5) is 14.1. The first kappa shape index (κ1) is 17.8. The van der Waals surface area contributed by atoms with E-state index in [9.17, 15) is 4.79 Å². The van der Waals surface area contributed by atoms with Crippen LogP contribution in [0.2, 0.25) is 0 Å². The standard InChI is InChI=1S/C22H23NO3/c1-16-6-4-5-7-18(16)14-23(2)22(24)15-26-21-11-9-17-8-10-20(25-3)12-19(17)13-21/h4-13H,14-15H2,1-3H3. The minimum Gasteiger partial charge on any atom is -0.497 e. The van der Waals surface area contributed by atoms with Crippen molar-refractivity contribution in [3.8, 4) is 11.5 Å². The van der Waals surface area contributed by atoms with Crippen molar-refractivity contribution in [2.75, 3.05) is 20.8 Å². The van der Waals surface area contributed by atoms with Crippen molar-refractivity contribution in [1.29, 1.82) is 0 Å². The summed E-state index contributed by atoms with van der Waals surface area (Å²) in [6.07, 6.45) is 0. The predicted octanol–water partition coefficient (Wildman–Crippen LogP) is 4.19. The van der Waals surface area contributed by atoms with E-state index < -0.39 is 0 Å². The van der Waals surface area contributed by atoms with Crippen LogP contribution in [0.5, 0.6) is 11.5 Å². The number of hydrogen-bond acceptors (Lipinski definition) is 3. The van der Waals surface area contributed by atoms with Crippen molar-refractivity contribution < 1.29 is 14.3 Å². The number of aryl methyl sites for hydroxylation is 1. The molecule has 0 N–H and O–H groups in total. The zero-order valence-electron chi connectivity index (χ0n) is 15.4. The molecule has 0 aliphatic heterocycles. The van der Waals surface area contributed by atoms with Gasteiger partial charge in [0.2, 0.25) is 0 Å². The zero-order chi connectivity index (χ0) is 18.5. The number of nitrogens with zero attached hydrogens (tertiary/aromatic N) is 1. The van der Waals surface area contributed by atoms with Crippen molar-refractivity contribution >= 4 is 16.7 Å². The van der Waals surface area contributed by atoms with Crippen LogP contribution in [0, 0.1) is 6.92 Å². The maximum Gasteiger partial charge on any atom is 0.260 e. The highest BCUT2D eigenvalue weighted by Crippen LogP contribution is 2.25. The Hall–Kier alpha value is -3.01. The van der Waals surface area contributed by atoms with Crippen LogP contribution in [0.3, 0.4) is 0 Å². The van der Waals surface area contributed by atoms with Gasteiger partial charge in [-0.1, -0.05) is 36.4 Å². The Morgan fingerprint density at radius 3 is 2.38 bits per heavy atom. The Morgan fingerprint density at radius 2 is 1.65 bits per heavy atom. The third-order valence-corrected chi connectivity index (χ3v) is 4.48. The topological polar surface area (TPSA) is 38.8 Å². The smallest absolute Gasteiger partial charge is 0.260 e. The van der Waals surface area contributed by atoms with Crippen LogP contribution in [0.25, 0.3) is 10.8 Å². The highest BCUT2D eigenvalue weighted by atomic mass is 16.5. The van der Waals surface area contributed by atoms with Gasteiger partial charge in [0.15, 0.2) is 6.61 Å². The normalized spacial score (nSPS) is 10.6. The molecule has 3 rings (SSSR count). The number of amides is 1. The minimum absolute atomic E-state index is 0.0118. The average Bonchev–Trinajstić information content (AvgIpc) is 2.67. The van der Waals surface area contributed by atoms with Gasteiger partial charge in [-0.3, -0.25) is 4.79 Å². The average molecular weight is 349 g/mol. The number of ether oxygens (including phenoxy) is 2. The van der Waals surface area contributed by atoms with Gasteiger partial charge in [-0.15, -0.1) is 0 Å². The molecule has 1 amide bonds. The first-order chi connectivity index (χ1) is 12.6. The van der Waals surface area contributed by atoms with Gasteiger partial charge in [-0.25, -0.2) is 0 Å². The highest BCUT2D eigenvalue weighted by Gasteiger charge is 2.11. The van der Waals surface area contributed by atoms with Crippen molar-refractivity contribution in [3.63, 3.8) is 0 Å². The van der Waals surface area contributed by atoms with Crippen LogP contribution >= 0.6 is 0 Å². The molecule has 4 heteroatoms. The van der Waals surface area contributed by atoms with Crippen LogP contribution < -0.4 is 9.47 Å². The van der Waals surface area contributed by atoms with Gasteiger partial charge in [-0.05, 0) is 53.1 Å². The second kappa shape index (κ2) is 7.91. The zero-order valence-corrected chi connectivity index (χ0v) is 15.4. The predicted molar refractivity (Wildman–Crippen MR) is 104 cm³/mol. The molecular formula is C22H23NO3. The van der Waals surface area contributed by atoms with Crippen LogP contribution in [-0.4, -0.2) is 31.6 Å². The van der Waals surface area contributed by atoms with Gasteiger partial charge < -0.3 is 14.4 Å². The third-order valence-electron chi connectivity index (χ3n) is 4.48. The van der Waals surface area contributed by atoms with E-state index in [-0.39, 0.29) is 12.5 Å². The van der Waals surface area contributed by atoms with Gasteiger partial charge in [0, 0.05) is 13.6 Å². The van der Waals surface area contributed by atoms with Gasteiger partial charge >= 0.3 is 0 Å². The fraction of sp³-hybridized carbons (Fsp3) is 0.227. The van der Waals surface area contributed by atoms with Crippen LogP contribution in [0.4, 0.5) is 0 Å². The molecule has 0 aromatic heterocycles. The Balaban J connectivity index is 1.63. The molecule has 26 heavy (non-hydrogen) atoms. The van der Waals surface area contributed by atoms with Crippen LogP contribution in [-0.2, 0) is 11.3 Å². The maximum absolute atomic E-state index is 12.4. The lowest BCUT2D eigenvalue weighted by Crippen LogP contribution is -2.31. The number of rotatable bonds is 6. The molecule has 0 radical (unpaired) electrons. The fourth-order valence-corrected chi connectivity index (χ4v) is 2.81. The van der Waals surface area contributed by atoms with Crippen molar-refractivity contribution in [1.82, 2.24) is 4.90 Å². The molecule has 0 aliphatic rings. The molecule has 0 atom stereocenters. The molecule has 0 spiro atoms. The van der Waals surface area contributed by atoms with Crippen LogP contribution in [0.15, 0.2) is 60.7 Å². The molecule has 0 aliphatic carbocycles. The molecule has 0 saturated carbocycles. The van der Waals surface area contributed by atoms with Gasteiger partial charge in [-0.2, -0.15) is 0 Å². The van der Waals surface area contributed by atoms with Crippen LogP contribution in [0.1, 0.15) is 11.1 Å². The minimum atomic E-state index is -0.0565. The molecule has 0 saturated heterocycles. The van der Waals surface area contributed by atoms with E-state index in [1.807, 2.05) is 67.6 Å². The number of fused-ring (bicyclic) bond motifs is 1. The molecular weight excluding hydrogens is 326 g/mol. The summed E-state index contributed by atoms with van der Waals surface area (Å²) in [5, 5.41) is 2.11. The molecule has 3 aromatic carbocycles. The Kier molecular flexibility index (Phi) is 5.42. The molecule has 0 unspecified atom stereocenters. The van der Waals surface area contributed by atoms with E-state index in [2.05, 4.69) is 0 Å². The summed E-state index contributed by atoms with van der Waals surface area (Å²) in [5.41, 5.74) is 2.32. The summed E-state index contributed by atoms with van der Waals surface area (Å²) in [6, 6.07) is 19.7.